The third kappa shape index (κ3) is 23.0. The van der Waals surface area contributed by atoms with Crippen LogP contribution in [0.3, 0.4) is 0 Å². The lowest BCUT2D eigenvalue weighted by molar-refractivity contribution is -0.144. The Labute approximate surface area is 200 Å². The summed E-state index contributed by atoms with van der Waals surface area (Å²) in [6.07, 6.45) is 19.4. The molecule has 1 amide bonds. The van der Waals surface area contributed by atoms with Crippen molar-refractivity contribution in [3.05, 3.63) is 0 Å². The van der Waals surface area contributed by atoms with Crippen molar-refractivity contribution in [3.8, 4) is 0 Å². The molecule has 7 nitrogen and oxygen atoms in total. The third-order valence-electron chi connectivity index (χ3n) is 5.94. The van der Waals surface area contributed by atoms with E-state index in [0.29, 0.717) is 12.8 Å². The van der Waals surface area contributed by atoms with Gasteiger partial charge in [0, 0.05) is 25.8 Å². The van der Waals surface area contributed by atoms with Crippen LogP contribution in [0.15, 0.2) is 0 Å². The fourth-order valence-electron chi connectivity index (χ4n) is 3.93. The van der Waals surface area contributed by atoms with Crippen LogP contribution in [0.2, 0.25) is 0 Å². The Balaban J connectivity index is 3.46. The number of carboxylic acid groups (broad SMARTS) is 2. The summed E-state index contributed by atoms with van der Waals surface area (Å²) in [5, 5.41) is 17.5. The standard InChI is InChI=1S/C26H47NO6/c1-23(28)20-21-27(22-26(32)33)24(29)18-16-14-12-10-8-6-4-2-3-5-7-9-11-13-15-17-19-25(30)31/h2-22H2,1H3,(H,30,31)(H,32,33). The van der Waals surface area contributed by atoms with Crippen LogP contribution in [0.25, 0.3) is 0 Å². The summed E-state index contributed by atoms with van der Waals surface area (Å²) >= 11 is 0. The summed E-state index contributed by atoms with van der Waals surface area (Å²) < 4.78 is 0. The Morgan fingerprint density at radius 3 is 1.21 bits per heavy atom. The van der Waals surface area contributed by atoms with Gasteiger partial charge in [-0.2, -0.15) is 0 Å². The van der Waals surface area contributed by atoms with Crippen LogP contribution >= 0.6 is 0 Å². The maximum absolute atomic E-state index is 12.2. The molecule has 7 heteroatoms. The quantitative estimate of drug-likeness (QED) is 0.168. The van der Waals surface area contributed by atoms with Crippen molar-refractivity contribution < 1.29 is 29.4 Å². The molecule has 33 heavy (non-hydrogen) atoms. The first-order valence-electron chi connectivity index (χ1n) is 13.0. The number of rotatable bonds is 24. The summed E-state index contributed by atoms with van der Waals surface area (Å²) in [5.41, 5.74) is 0. The largest absolute Gasteiger partial charge is 0.481 e. The lowest BCUT2D eigenvalue weighted by Crippen LogP contribution is -2.36. The zero-order chi connectivity index (χ0) is 24.7. The zero-order valence-electron chi connectivity index (χ0n) is 20.8. The minimum atomic E-state index is -1.04. The molecular weight excluding hydrogens is 422 g/mol. The number of unbranched alkanes of at least 4 members (excludes halogenated alkanes) is 15. The first-order chi connectivity index (χ1) is 15.8. The fourth-order valence-corrected chi connectivity index (χ4v) is 3.93. The van der Waals surface area contributed by atoms with Crippen molar-refractivity contribution >= 4 is 23.6 Å². The van der Waals surface area contributed by atoms with E-state index in [9.17, 15) is 19.2 Å². The lowest BCUT2D eigenvalue weighted by atomic mass is 10.0. The first-order valence-corrected chi connectivity index (χ1v) is 13.0. The monoisotopic (exact) mass is 469 g/mol. The summed E-state index contributed by atoms with van der Waals surface area (Å²) in [6.45, 7) is 1.30. The van der Waals surface area contributed by atoms with Gasteiger partial charge in [0.15, 0.2) is 0 Å². The van der Waals surface area contributed by atoms with Gasteiger partial charge >= 0.3 is 11.9 Å². The summed E-state index contributed by atoms with van der Waals surface area (Å²) in [7, 11) is 0. The smallest absolute Gasteiger partial charge is 0.323 e. The van der Waals surface area contributed by atoms with E-state index in [4.69, 9.17) is 10.2 Å². The Hall–Kier alpha value is -1.92. The predicted octanol–water partition coefficient (Wildman–Crippen LogP) is 5.99. The van der Waals surface area contributed by atoms with Gasteiger partial charge in [-0.3, -0.25) is 19.2 Å². The second-order valence-corrected chi connectivity index (χ2v) is 9.21. The maximum atomic E-state index is 12.2. The van der Waals surface area contributed by atoms with E-state index in [-0.39, 0.29) is 31.2 Å². The van der Waals surface area contributed by atoms with Gasteiger partial charge in [0.05, 0.1) is 0 Å². The van der Waals surface area contributed by atoms with Gasteiger partial charge in [0.25, 0.3) is 0 Å². The zero-order valence-corrected chi connectivity index (χ0v) is 20.8. The normalized spacial score (nSPS) is 10.8. The van der Waals surface area contributed by atoms with Crippen molar-refractivity contribution in [2.75, 3.05) is 13.1 Å². The molecule has 0 aromatic rings. The van der Waals surface area contributed by atoms with Crippen LogP contribution in [-0.4, -0.2) is 51.8 Å². The highest BCUT2D eigenvalue weighted by molar-refractivity contribution is 5.82. The molecule has 0 radical (unpaired) electrons. The van der Waals surface area contributed by atoms with E-state index in [2.05, 4.69) is 0 Å². The van der Waals surface area contributed by atoms with Gasteiger partial charge < -0.3 is 15.1 Å². The molecule has 2 N–H and O–H groups in total. The van der Waals surface area contributed by atoms with E-state index >= 15 is 0 Å². The Kier molecular flexibility index (Phi) is 20.6. The van der Waals surface area contributed by atoms with E-state index < -0.39 is 11.9 Å². The Morgan fingerprint density at radius 1 is 0.515 bits per heavy atom. The molecule has 0 spiro atoms. The molecule has 192 valence electrons. The molecule has 0 aromatic carbocycles. The highest BCUT2D eigenvalue weighted by atomic mass is 16.4. The molecule has 0 atom stereocenters. The van der Waals surface area contributed by atoms with Crippen LogP contribution < -0.4 is 0 Å². The Bertz CT molecular complexity index is 549. The highest BCUT2D eigenvalue weighted by Crippen LogP contribution is 2.14. The molecule has 0 saturated heterocycles. The second kappa shape index (κ2) is 21.9. The van der Waals surface area contributed by atoms with E-state index in [1.807, 2.05) is 0 Å². The minimum absolute atomic E-state index is 0.0417. The average Bonchev–Trinajstić information content (AvgIpc) is 2.75. The van der Waals surface area contributed by atoms with Crippen LogP contribution in [0.1, 0.15) is 129 Å². The number of carbonyl (C=O) groups is 4. The molecule has 0 aliphatic heterocycles. The number of hydrogen-bond donors (Lipinski definition) is 2. The van der Waals surface area contributed by atoms with E-state index in [0.717, 1.165) is 38.5 Å². The lowest BCUT2D eigenvalue weighted by Gasteiger charge is -2.20. The molecule has 0 aliphatic rings. The fraction of sp³-hybridized carbons (Fsp3) is 0.846. The van der Waals surface area contributed by atoms with Crippen LogP contribution in [0.4, 0.5) is 0 Å². The van der Waals surface area contributed by atoms with Crippen molar-refractivity contribution in [1.82, 2.24) is 4.90 Å². The summed E-state index contributed by atoms with van der Waals surface area (Å²) in [5.74, 6) is -1.94. The molecule has 0 fully saturated rings. The number of ketones is 1. The van der Waals surface area contributed by atoms with Crippen LogP contribution in [0, 0.1) is 0 Å². The Morgan fingerprint density at radius 2 is 0.879 bits per heavy atom. The maximum Gasteiger partial charge on any atom is 0.323 e. The van der Waals surface area contributed by atoms with Gasteiger partial charge in [0.2, 0.25) is 5.91 Å². The third-order valence-corrected chi connectivity index (χ3v) is 5.94. The van der Waals surface area contributed by atoms with Gasteiger partial charge in [-0.15, -0.1) is 0 Å². The van der Waals surface area contributed by atoms with Crippen molar-refractivity contribution in [2.45, 2.75) is 129 Å². The predicted molar refractivity (Wildman–Crippen MR) is 130 cm³/mol. The number of amides is 1. The van der Waals surface area contributed by atoms with Gasteiger partial charge in [0.1, 0.15) is 12.3 Å². The number of aliphatic carboxylic acids is 2. The number of Topliss-reactive ketones (excluding diaryl/α,β-unsaturated/α-hetero) is 1. The molecule has 0 aromatic heterocycles. The van der Waals surface area contributed by atoms with Crippen molar-refractivity contribution in [1.29, 1.82) is 0 Å². The molecule has 0 heterocycles. The topological polar surface area (TPSA) is 112 Å². The second-order valence-electron chi connectivity index (χ2n) is 9.21. The number of carboxylic acids is 2. The van der Waals surface area contributed by atoms with E-state index in [1.54, 1.807) is 0 Å². The summed E-state index contributed by atoms with van der Waals surface area (Å²) in [4.78, 5) is 45.9. The number of carbonyl (C=O) groups excluding carboxylic acids is 2. The molecule has 0 unspecified atom stereocenters. The van der Waals surface area contributed by atoms with Crippen molar-refractivity contribution in [3.63, 3.8) is 0 Å². The van der Waals surface area contributed by atoms with Crippen molar-refractivity contribution in [2.24, 2.45) is 0 Å². The van der Waals surface area contributed by atoms with E-state index in [1.165, 1.54) is 76.0 Å². The van der Waals surface area contributed by atoms with Crippen LogP contribution in [-0.2, 0) is 19.2 Å². The van der Waals surface area contributed by atoms with Gasteiger partial charge in [-0.25, -0.2) is 0 Å². The van der Waals surface area contributed by atoms with Gasteiger partial charge in [-0.1, -0.05) is 89.9 Å². The molecule has 0 bridgehead atoms. The minimum Gasteiger partial charge on any atom is -0.481 e. The number of hydrogen-bond acceptors (Lipinski definition) is 4. The molecular formula is C26H47NO6. The SMILES string of the molecule is CC(=O)CCN(CC(=O)O)C(=O)CCCCCCCCCCCCCCCCCCC(=O)O. The highest BCUT2D eigenvalue weighted by Gasteiger charge is 2.16. The van der Waals surface area contributed by atoms with Crippen LogP contribution in [0.5, 0.6) is 0 Å². The average molecular weight is 470 g/mol. The van der Waals surface area contributed by atoms with Gasteiger partial charge in [-0.05, 0) is 19.8 Å². The molecule has 0 aliphatic carbocycles. The summed E-state index contributed by atoms with van der Waals surface area (Å²) in [6, 6.07) is 0. The number of nitrogens with zero attached hydrogens (tertiary/aromatic N) is 1. The molecule has 0 rings (SSSR count). The molecule has 0 saturated carbocycles. The first kappa shape index (κ1) is 31.1.